The summed E-state index contributed by atoms with van der Waals surface area (Å²) in [5.41, 5.74) is 0. The fraction of sp³-hybridized carbons (Fsp3) is 0.417. The lowest BCUT2D eigenvalue weighted by Crippen LogP contribution is -2.27. The monoisotopic (exact) mass is 293 g/mol. The van der Waals surface area contributed by atoms with Gasteiger partial charge < -0.3 is 0 Å². The highest BCUT2D eigenvalue weighted by Crippen LogP contribution is 2.20. The van der Waals surface area contributed by atoms with Crippen molar-refractivity contribution in [2.75, 3.05) is 13.1 Å². The molecule has 0 aliphatic rings. The molecule has 0 fully saturated rings. The number of aromatic amines is 1. The molecule has 0 aliphatic carbocycles. The standard InChI is InChI=1S/C12H15N5S2/c1-2-16(7-4-6-13)9-17-12(18)14-11(15-17)10-5-3-8-19-10/h3,5,8H,2,4,7,9H2,1H3,(H,14,15,18). The molecule has 0 radical (unpaired) electrons. The molecule has 0 saturated heterocycles. The molecule has 5 nitrogen and oxygen atoms in total. The number of H-pyrrole nitrogens is 1. The van der Waals surface area contributed by atoms with Gasteiger partial charge in [0.15, 0.2) is 5.82 Å². The maximum Gasteiger partial charge on any atom is 0.217 e. The first-order valence-electron chi connectivity index (χ1n) is 6.04. The lowest BCUT2D eigenvalue weighted by Gasteiger charge is -2.18. The number of thiophene rings is 1. The molecule has 0 atom stereocenters. The number of nitriles is 1. The highest BCUT2D eigenvalue weighted by atomic mass is 32.1. The molecule has 1 N–H and O–H groups in total. The minimum Gasteiger partial charge on any atom is -0.284 e. The minimum absolute atomic E-state index is 0.521. The zero-order valence-electron chi connectivity index (χ0n) is 10.7. The summed E-state index contributed by atoms with van der Waals surface area (Å²) in [6, 6.07) is 6.16. The van der Waals surface area contributed by atoms with Crippen LogP contribution in [0.2, 0.25) is 0 Å². The SMILES string of the molecule is CCN(CCC#N)Cn1[nH]c(-c2cccs2)nc1=S. The second kappa shape index (κ2) is 6.61. The van der Waals surface area contributed by atoms with E-state index in [2.05, 4.69) is 28.0 Å². The average Bonchev–Trinajstić information content (AvgIpc) is 3.04. The van der Waals surface area contributed by atoms with E-state index in [1.54, 1.807) is 11.3 Å². The Morgan fingerprint density at radius 3 is 3.11 bits per heavy atom. The van der Waals surface area contributed by atoms with Crippen molar-refractivity contribution in [2.45, 2.75) is 20.0 Å². The van der Waals surface area contributed by atoms with Crippen LogP contribution in [0.5, 0.6) is 0 Å². The number of hydrogen-bond donors (Lipinski definition) is 1. The molecular formula is C12H15N5S2. The largest absolute Gasteiger partial charge is 0.284 e. The van der Waals surface area contributed by atoms with Crippen LogP contribution in [0.3, 0.4) is 0 Å². The molecule has 19 heavy (non-hydrogen) atoms. The van der Waals surface area contributed by atoms with E-state index in [-0.39, 0.29) is 0 Å². The Kier molecular flexibility index (Phi) is 4.85. The fourth-order valence-electron chi connectivity index (χ4n) is 1.71. The van der Waals surface area contributed by atoms with Crippen LogP contribution in [-0.4, -0.2) is 32.8 Å². The lowest BCUT2D eigenvalue weighted by atomic mass is 10.4. The number of aromatic nitrogens is 3. The molecule has 0 unspecified atom stereocenters. The van der Waals surface area contributed by atoms with Crippen LogP contribution in [-0.2, 0) is 6.67 Å². The predicted octanol–water partition coefficient (Wildman–Crippen LogP) is 2.86. The van der Waals surface area contributed by atoms with Crippen LogP contribution in [0.15, 0.2) is 17.5 Å². The quantitative estimate of drug-likeness (QED) is 0.832. The van der Waals surface area contributed by atoms with E-state index in [9.17, 15) is 0 Å². The van der Waals surface area contributed by atoms with E-state index in [0.717, 1.165) is 23.8 Å². The van der Waals surface area contributed by atoms with Gasteiger partial charge in [-0.3, -0.25) is 10.00 Å². The average molecular weight is 293 g/mol. The Morgan fingerprint density at radius 1 is 1.63 bits per heavy atom. The van der Waals surface area contributed by atoms with Crippen molar-refractivity contribution in [1.82, 2.24) is 19.7 Å². The topological polar surface area (TPSA) is 60.6 Å². The van der Waals surface area contributed by atoms with Gasteiger partial charge in [0.2, 0.25) is 4.77 Å². The number of hydrogen-bond acceptors (Lipinski definition) is 5. The van der Waals surface area contributed by atoms with Gasteiger partial charge in [-0.2, -0.15) is 10.2 Å². The molecule has 2 aromatic heterocycles. The van der Waals surface area contributed by atoms with E-state index in [1.807, 2.05) is 22.2 Å². The first kappa shape index (κ1) is 13.9. The van der Waals surface area contributed by atoms with Gasteiger partial charge in [-0.05, 0) is 30.2 Å². The first-order chi connectivity index (χ1) is 9.24. The summed E-state index contributed by atoms with van der Waals surface area (Å²) >= 11 is 6.89. The Balaban J connectivity index is 2.13. The highest BCUT2D eigenvalue weighted by Gasteiger charge is 2.08. The summed E-state index contributed by atoms with van der Waals surface area (Å²) in [7, 11) is 0. The molecule has 7 heteroatoms. The zero-order chi connectivity index (χ0) is 13.7. The van der Waals surface area contributed by atoms with E-state index in [4.69, 9.17) is 17.5 Å². The maximum atomic E-state index is 8.64. The van der Waals surface area contributed by atoms with E-state index >= 15 is 0 Å². The molecule has 2 rings (SSSR count). The van der Waals surface area contributed by atoms with Gasteiger partial charge in [-0.1, -0.05) is 13.0 Å². The third-order valence-electron chi connectivity index (χ3n) is 2.76. The van der Waals surface area contributed by atoms with E-state index in [1.165, 1.54) is 0 Å². The molecule has 100 valence electrons. The molecule has 0 saturated carbocycles. The van der Waals surface area contributed by atoms with Crippen LogP contribution in [0.25, 0.3) is 10.7 Å². The second-order valence-corrected chi connectivity index (χ2v) is 5.33. The maximum absolute atomic E-state index is 8.64. The van der Waals surface area contributed by atoms with Gasteiger partial charge in [0.1, 0.15) is 0 Å². The Labute approximate surface area is 121 Å². The molecule has 0 bridgehead atoms. The van der Waals surface area contributed by atoms with Crippen LogP contribution in [0, 0.1) is 16.1 Å². The summed E-state index contributed by atoms with van der Waals surface area (Å²) in [5, 5.41) is 13.9. The van der Waals surface area contributed by atoms with Crippen LogP contribution >= 0.6 is 23.6 Å². The summed E-state index contributed by atoms with van der Waals surface area (Å²) in [6.07, 6.45) is 0.521. The van der Waals surface area contributed by atoms with Gasteiger partial charge in [0, 0.05) is 13.0 Å². The molecular weight excluding hydrogens is 278 g/mol. The van der Waals surface area contributed by atoms with Crippen molar-refractivity contribution in [2.24, 2.45) is 0 Å². The summed E-state index contributed by atoms with van der Waals surface area (Å²) in [4.78, 5) is 7.58. The molecule has 2 heterocycles. The van der Waals surface area contributed by atoms with E-state index < -0.39 is 0 Å². The van der Waals surface area contributed by atoms with Crippen molar-refractivity contribution in [3.8, 4) is 16.8 Å². The van der Waals surface area contributed by atoms with Crippen molar-refractivity contribution in [3.63, 3.8) is 0 Å². The number of nitrogens with zero attached hydrogens (tertiary/aromatic N) is 4. The Bertz CT molecular complexity index is 605. The number of rotatable bonds is 6. The van der Waals surface area contributed by atoms with Gasteiger partial charge in [0.25, 0.3) is 0 Å². The Hall–Kier alpha value is -1.49. The third kappa shape index (κ3) is 3.50. The van der Waals surface area contributed by atoms with Gasteiger partial charge >= 0.3 is 0 Å². The highest BCUT2D eigenvalue weighted by molar-refractivity contribution is 7.71. The third-order valence-corrected chi connectivity index (χ3v) is 3.95. The van der Waals surface area contributed by atoms with Crippen LogP contribution in [0.4, 0.5) is 0 Å². The summed E-state index contributed by atoms with van der Waals surface area (Å²) in [6.45, 7) is 4.31. The Morgan fingerprint density at radius 2 is 2.47 bits per heavy atom. The predicted molar refractivity (Wildman–Crippen MR) is 78.2 cm³/mol. The fourth-order valence-corrected chi connectivity index (χ4v) is 2.57. The summed E-state index contributed by atoms with van der Waals surface area (Å²) in [5.74, 6) is 0.802. The zero-order valence-corrected chi connectivity index (χ0v) is 12.3. The van der Waals surface area contributed by atoms with Crippen LogP contribution in [0.1, 0.15) is 13.3 Å². The van der Waals surface area contributed by atoms with Crippen molar-refractivity contribution in [1.29, 1.82) is 5.26 Å². The van der Waals surface area contributed by atoms with E-state index in [0.29, 0.717) is 17.9 Å². The van der Waals surface area contributed by atoms with Gasteiger partial charge in [-0.15, -0.1) is 11.3 Å². The molecule has 0 spiro atoms. The minimum atomic E-state index is 0.521. The van der Waals surface area contributed by atoms with Crippen LogP contribution < -0.4 is 0 Å². The van der Waals surface area contributed by atoms with Crippen molar-refractivity contribution >= 4 is 23.6 Å². The smallest absolute Gasteiger partial charge is 0.217 e. The lowest BCUT2D eigenvalue weighted by molar-refractivity contribution is 0.221. The van der Waals surface area contributed by atoms with Gasteiger partial charge in [0.05, 0.1) is 17.6 Å². The molecule has 0 aromatic carbocycles. The summed E-state index contributed by atoms with van der Waals surface area (Å²) < 4.78 is 2.38. The van der Waals surface area contributed by atoms with Gasteiger partial charge in [-0.25, -0.2) is 4.68 Å². The molecule has 2 aromatic rings. The van der Waals surface area contributed by atoms with Crippen molar-refractivity contribution in [3.05, 3.63) is 22.3 Å². The van der Waals surface area contributed by atoms with Crippen molar-refractivity contribution < 1.29 is 0 Å². The second-order valence-electron chi connectivity index (χ2n) is 4.02. The molecule has 0 amide bonds. The first-order valence-corrected chi connectivity index (χ1v) is 7.33. The number of nitrogens with one attached hydrogen (secondary N) is 1. The molecule has 0 aliphatic heterocycles. The normalized spacial score (nSPS) is 10.8.